The number of aliphatic hydroxyl groups excluding tert-OH is 2. The maximum Gasteiger partial charge on any atom is 0.178 e. The van der Waals surface area contributed by atoms with Crippen molar-refractivity contribution >= 4 is 11.6 Å². The summed E-state index contributed by atoms with van der Waals surface area (Å²) < 4.78 is 0. The second kappa shape index (κ2) is 5.37. The molecule has 4 rings (SSSR count). The SMILES string of the molecule is CC(=O)[C@@]1(O)[C@H](O)C[C@H]2[C@@H]3CCC4=CC(=O)C=C[C@]4(C)[C@H]3[C@@H](O)C[C@@]21C. The second-order valence-electron chi connectivity index (χ2n) is 9.29. The first-order valence-corrected chi connectivity index (χ1v) is 9.59. The van der Waals surface area contributed by atoms with E-state index >= 15 is 0 Å². The number of carbonyl (C=O) groups is 2. The summed E-state index contributed by atoms with van der Waals surface area (Å²) >= 11 is 0. The first-order chi connectivity index (χ1) is 12.1. The van der Waals surface area contributed by atoms with E-state index in [1.807, 2.05) is 13.0 Å². The van der Waals surface area contributed by atoms with Gasteiger partial charge in [0, 0.05) is 16.7 Å². The molecule has 0 aromatic heterocycles. The molecule has 0 amide bonds. The Kier molecular flexibility index (Phi) is 3.73. The number of aliphatic hydroxyl groups is 3. The Hall–Kier alpha value is -1.30. The average Bonchev–Trinajstić information content (AvgIpc) is 2.76. The first kappa shape index (κ1) is 18.1. The molecular formula is C21H28O5. The number of hydrogen-bond acceptors (Lipinski definition) is 5. The van der Waals surface area contributed by atoms with Crippen molar-refractivity contribution in [1.82, 2.24) is 0 Å². The number of hydrogen-bond donors (Lipinski definition) is 3. The van der Waals surface area contributed by atoms with Gasteiger partial charge in [-0.25, -0.2) is 0 Å². The predicted molar refractivity (Wildman–Crippen MR) is 95.0 cm³/mol. The predicted octanol–water partition coefficient (Wildman–Crippen LogP) is 1.56. The fourth-order valence-electron chi connectivity index (χ4n) is 6.97. The Bertz CT molecular complexity index is 739. The number of rotatable bonds is 1. The summed E-state index contributed by atoms with van der Waals surface area (Å²) in [6.45, 7) is 5.25. The van der Waals surface area contributed by atoms with Gasteiger partial charge in [-0.2, -0.15) is 0 Å². The van der Waals surface area contributed by atoms with Crippen LogP contribution in [0.3, 0.4) is 0 Å². The lowest BCUT2D eigenvalue weighted by atomic mass is 9.46. The van der Waals surface area contributed by atoms with Crippen molar-refractivity contribution in [2.75, 3.05) is 0 Å². The molecule has 3 fully saturated rings. The monoisotopic (exact) mass is 360 g/mol. The van der Waals surface area contributed by atoms with Crippen LogP contribution in [0.1, 0.15) is 46.5 Å². The number of carbonyl (C=O) groups excluding carboxylic acids is 2. The molecule has 8 atom stereocenters. The van der Waals surface area contributed by atoms with E-state index < -0.39 is 29.0 Å². The number of ketones is 2. The highest BCUT2D eigenvalue weighted by atomic mass is 16.4. The molecule has 5 heteroatoms. The molecule has 0 spiro atoms. The molecule has 26 heavy (non-hydrogen) atoms. The maximum absolute atomic E-state index is 12.3. The molecule has 0 heterocycles. The van der Waals surface area contributed by atoms with E-state index in [0.717, 1.165) is 18.4 Å². The highest BCUT2D eigenvalue weighted by Gasteiger charge is 2.70. The molecule has 0 aromatic carbocycles. The number of allylic oxidation sites excluding steroid dienone is 4. The minimum atomic E-state index is -1.81. The maximum atomic E-state index is 12.3. The summed E-state index contributed by atoms with van der Waals surface area (Å²) in [5.41, 5.74) is -1.97. The molecule has 0 bridgehead atoms. The van der Waals surface area contributed by atoms with E-state index in [2.05, 4.69) is 6.92 Å². The Morgan fingerprint density at radius 3 is 2.62 bits per heavy atom. The second-order valence-corrected chi connectivity index (χ2v) is 9.29. The van der Waals surface area contributed by atoms with Crippen LogP contribution in [0.2, 0.25) is 0 Å². The van der Waals surface area contributed by atoms with Crippen LogP contribution in [0, 0.1) is 28.6 Å². The molecule has 142 valence electrons. The Morgan fingerprint density at radius 2 is 1.96 bits per heavy atom. The fraction of sp³-hybridized carbons (Fsp3) is 0.714. The lowest BCUT2D eigenvalue weighted by molar-refractivity contribution is -0.186. The van der Waals surface area contributed by atoms with E-state index in [4.69, 9.17) is 0 Å². The van der Waals surface area contributed by atoms with Gasteiger partial charge in [0.05, 0.1) is 12.2 Å². The normalized spacial score (nSPS) is 52.8. The van der Waals surface area contributed by atoms with Gasteiger partial charge < -0.3 is 15.3 Å². The van der Waals surface area contributed by atoms with Gasteiger partial charge in [-0.05, 0) is 56.6 Å². The third kappa shape index (κ3) is 1.97. The molecule has 4 aliphatic carbocycles. The molecule has 0 radical (unpaired) electrons. The molecule has 0 unspecified atom stereocenters. The highest BCUT2D eigenvalue weighted by molar-refractivity contribution is 6.01. The zero-order chi connectivity index (χ0) is 19.1. The van der Waals surface area contributed by atoms with Crippen LogP contribution in [-0.2, 0) is 9.59 Å². The Morgan fingerprint density at radius 1 is 1.27 bits per heavy atom. The third-order valence-corrected chi connectivity index (χ3v) is 8.25. The lowest BCUT2D eigenvalue weighted by Gasteiger charge is -2.59. The Balaban J connectivity index is 1.79. The van der Waals surface area contributed by atoms with Gasteiger partial charge in [0.15, 0.2) is 17.2 Å². The molecule has 4 aliphatic rings. The largest absolute Gasteiger partial charge is 0.393 e. The van der Waals surface area contributed by atoms with Crippen LogP contribution in [0.25, 0.3) is 0 Å². The smallest absolute Gasteiger partial charge is 0.178 e. The zero-order valence-corrected chi connectivity index (χ0v) is 15.6. The summed E-state index contributed by atoms with van der Waals surface area (Å²) in [4.78, 5) is 24.1. The van der Waals surface area contributed by atoms with Crippen molar-refractivity contribution in [3.8, 4) is 0 Å². The van der Waals surface area contributed by atoms with Crippen LogP contribution < -0.4 is 0 Å². The van der Waals surface area contributed by atoms with Crippen LogP contribution in [0.15, 0.2) is 23.8 Å². The summed E-state index contributed by atoms with van der Waals surface area (Å²) in [6.07, 6.45) is 5.61. The van der Waals surface area contributed by atoms with E-state index in [9.17, 15) is 24.9 Å². The first-order valence-electron chi connectivity index (χ1n) is 9.59. The van der Waals surface area contributed by atoms with Crippen LogP contribution in [0.4, 0.5) is 0 Å². The minimum absolute atomic E-state index is 0.00620. The van der Waals surface area contributed by atoms with E-state index in [1.165, 1.54) is 6.92 Å². The van der Waals surface area contributed by atoms with Crippen molar-refractivity contribution in [3.63, 3.8) is 0 Å². The summed E-state index contributed by atoms with van der Waals surface area (Å²) in [7, 11) is 0. The summed E-state index contributed by atoms with van der Waals surface area (Å²) in [6, 6.07) is 0. The van der Waals surface area contributed by atoms with Crippen molar-refractivity contribution in [3.05, 3.63) is 23.8 Å². The van der Waals surface area contributed by atoms with Gasteiger partial charge in [0.1, 0.15) is 0 Å². The lowest BCUT2D eigenvalue weighted by Crippen LogP contribution is -2.62. The standard InChI is InChI=1S/C21H28O5/c1-11(22)21(26)17(25)9-15-14-5-4-12-8-13(23)6-7-19(12,2)18(14)16(24)10-20(15,21)3/h6-8,14-18,24-26H,4-5,9-10H2,1-3H3/t14-,15-,16-,17+,18+,19-,20-,21+/m0/s1. The van der Waals surface area contributed by atoms with Gasteiger partial charge in [0.25, 0.3) is 0 Å². The number of fused-ring (bicyclic) bond motifs is 5. The molecule has 0 aromatic rings. The summed E-state index contributed by atoms with van der Waals surface area (Å²) in [5.74, 6) is -0.456. The third-order valence-electron chi connectivity index (χ3n) is 8.25. The van der Waals surface area contributed by atoms with Gasteiger partial charge >= 0.3 is 0 Å². The van der Waals surface area contributed by atoms with Gasteiger partial charge in [-0.15, -0.1) is 0 Å². The molecule has 3 N–H and O–H groups in total. The summed E-state index contributed by atoms with van der Waals surface area (Å²) in [5, 5.41) is 32.9. The van der Waals surface area contributed by atoms with E-state index in [0.29, 0.717) is 6.42 Å². The fourth-order valence-corrected chi connectivity index (χ4v) is 6.97. The quantitative estimate of drug-likeness (QED) is 0.660. The Labute approximate surface area is 153 Å². The zero-order valence-electron chi connectivity index (χ0n) is 15.6. The highest BCUT2D eigenvalue weighted by Crippen LogP contribution is 2.67. The van der Waals surface area contributed by atoms with Crippen molar-refractivity contribution < 1.29 is 24.9 Å². The van der Waals surface area contributed by atoms with Crippen molar-refractivity contribution in [2.24, 2.45) is 28.6 Å². The van der Waals surface area contributed by atoms with E-state index in [-0.39, 0.29) is 35.4 Å². The van der Waals surface area contributed by atoms with Gasteiger partial charge in [-0.3, -0.25) is 9.59 Å². The number of Topliss-reactive ketones (excluding diaryl/α,β-unsaturated/α-hetero) is 1. The molecule has 3 saturated carbocycles. The minimum Gasteiger partial charge on any atom is -0.393 e. The average molecular weight is 360 g/mol. The van der Waals surface area contributed by atoms with Crippen LogP contribution in [-0.4, -0.2) is 44.7 Å². The topological polar surface area (TPSA) is 94.8 Å². The van der Waals surface area contributed by atoms with Crippen molar-refractivity contribution in [2.45, 2.75) is 64.3 Å². The van der Waals surface area contributed by atoms with Crippen molar-refractivity contribution in [1.29, 1.82) is 0 Å². The van der Waals surface area contributed by atoms with E-state index in [1.54, 1.807) is 12.2 Å². The molecular weight excluding hydrogens is 332 g/mol. The van der Waals surface area contributed by atoms with Gasteiger partial charge in [0.2, 0.25) is 0 Å². The molecule has 5 nitrogen and oxygen atoms in total. The van der Waals surface area contributed by atoms with Gasteiger partial charge in [-0.1, -0.05) is 25.5 Å². The van der Waals surface area contributed by atoms with Crippen LogP contribution >= 0.6 is 0 Å². The van der Waals surface area contributed by atoms with Crippen LogP contribution in [0.5, 0.6) is 0 Å². The molecule has 0 saturated heterocycles. The molecule has 0 aliphatic heterocycles.